The Bertz CT molecular complexity index is 555. The molecule has 0 atom stereocenters. The van der Waals surface area contributed by atoms with Crippen molar-refractivity contribution in [3.63, 3.8) is 0 Å². The molecule has 0 aliphatic carbocycles. The lowest BCUT2D eigenvalue weighted by molar-refractivity contribution is 0.812. The van der Waals surface area contributed by atoms with Gasteiger partial charge in [0.2, 0.25) is 17.8 Å². The second-order valence-corrected chi connectivity index (χ2v) is 4.42. The van der Waals surface area contributed by atoms with Gasteiger partial charge in [0, 0.05) is 39.1 Å². The van der Waals surface area contributed by atoms with Crippen molar-refractivity contribution in [3.8, 4) is 0 Å². The van der Waals surface area contributed by atoms with Crippen LogP contribution in [0.5, 0.6) is 0 Å². The Morgan fingerprint density at radius 1 is 1.10 bits per heavy atom. The molecule has 0 saturated heterocycles. The van der Waals surface area contributed by atoms with Crippen molar-refractivity contribution >= 4 is 17.8 Å². The van der Waals surface area contributed by atoms with Gasteiger partial charge in [0.15, 0.2) is 0 Å². The van der Waals surface area contributed by atoms with Crippen LogP contribution in [0.4, 0.5) is 17.8 Å². The van der Waals surface area contributed by atoms with Crippen LogP contribution in [0.2, 0.25) is 0 Å². The topological polar surface area (TPSA) is 78.9 Å². The van der Waals surface area contributed by atoms with Crippen molar-refractivity contribution in [1.82, 2.24) is 19.9 Å². The van der Waals surface area contributed by atoms with E-state index in [0.717, 1.165) is 18.7 Å². The fraction of sp³-hybridized carbons (Fsp3) is 0.429. The van der Waals surface area contributed by atoms with Crippen molar-refractivity contribution in [2.45, 2.75) is 20.4 Å². The molecule has 0 amide bonds. The van der Waals surface area contributed by atoms with Crippen LogP contribution in [0.25, 0.3) is 0 Å². The monoisotopic (exact) mass is 287 g/mol. The van der Waals surface area contributed by atoms with Crippen LogP contribution < -0.4 is 15.5 Å². The molecule has 0 aliphatic heterocycles. The molecule has 0 fully saturated rings. The molecule has 2 aromatic rings. The third-order valence-electron chi connectivity index (χ3n) is 3.07. The van der Waals surface area contributed by atoms with Crippen molar-refractivity contribution in [2.24, 2.45) is 0 Å². The molecule has 7 heteroatoms. The number of rotatable bonds is 7. The Labute approximate surface area is 124 Å². The normalized spacial score (nSPS) is 10.2. The highest BCUT2D eigenvalue weighted by atomic mass is 15.3. The fourth-order valence-electron chi connectivity index (χ4n) is 1.89. The number of nitrogens with zero attached hydrogens (tertiary/aromatic N) is 5. The van der Waals surface area contributed by atoms with E-state index in [0.29, 0.717) is 24.4 Å². The number of pyridine rings is 1. The second-order valence-electron chi connectivity index (χ2n) is 4.42. The maximum Gasteiger partial charge on any atom is 0.231 e. The van der Waals surface area contributed by atoms with Crippen LogP contribution in [0.15, 0.2) is 24.5 Å². The number of hydrogen-bond acceptors (Lipinski definition) is 7. The van der Waals surface area contributed by atoms with Crippen LogP contribution in [0.3, 0.4) is 0 Å². The molecule has 0 aromatic carbocycles. The Balaban J connectivity index is 2.16. The van der Waals surface area contributed by atoms with Gasteiger partial charge in [-0.25, -0.2) is 0 Å². The predicted octanol–water partition coefficient (Wildman–Crippen LogP) is 1.77. The van der Waals surface area contributed by atoms with Gasteiger partial charge >= 0.3 is 0 Å². The fourth-order valence-corrected chi connectivity index (χ4v) is 1.89. The van der Waals surface area contributed by atoms with Crippen molar-refractivity contribution < 1.29 is 0 Å². The van der Waals surface area contributed by atoms with Crippen molar-refractivity contribution in [2.75, 3.05) is 35.7 Å². The molecule has 2 aromatic heterocycles. The number of hydrogen-bond donors (Lipinski definition) is 2. The Morgan fingerprint density at radius 3 is 2.48 bits per heavy atom. The van der Waals surface area contributed by atoms with E-state index in [1.54, 1.807) is 13.2 Å². The molecule has 21 heavy (non-hydrogen) atoms. The highest BCUT2D eigenvalue weighted by molar-refractivity contribution is 5.43. The van der Waals surface area contributed by atoms with Crippen LogP contribution in [0, 0.1) is 0 Å². The van der Waals surface area contributed by atoms with E-state index in [1.807, 2.05) is 18.3 Å². The molecule has 2 rings (SSSR count). The standard InChI is InChI=1S/C14H21N7/c1-4-21(5-2)14-19-12(15-3)18-13(20-14)17-10-11-7-6-8-16-9-11/h6-9H,4-5,10H2,1-3H3,(H2,15,17,18,19,20). The highest BCUT2D eigenvalue weighted by Crippen LogP contribution is 2.13. The summed E-state index contributed by atoms with van der Waals surface area (Å²) in [6, 6.07) is 3.91. The predicted molar refractivity (Wildman–Crippen MR) is 84.5 cm³/mol. The Morgan fingerprint density at radius 2 is 1.86 bits per heavy atom. The summed E-state index contributed by atoms with van der Waals surface area (Å²) in [5.74, 6) is 1.79. The molecule has 112 valence electrons. The van der Waals surface area contributed by atoms with E-state index in [-0.39, 0.29) is 0 Å². The number of anilines is 3. The van der Waals surface area contributed by atoms with Crippen LogP contribution in [-0.2, 0) is 6.54 Å². The van der Waals surface area contributed by atoms with Gasteiger partial charge in [-0.15, -0.1) is 0 Å². The van der Waals surface area contributed by atoms with Crippen molar-refractivity contribution in [1.29, 1.82) is 0 Å². The highest BCUT2D eigenvalue weighted by Gasteiger charge is 2.10. The minimum atomic E-state index is 0.556. The third kappa shape index (κ3) is 4.01. The van der Waals surface area contributed by atoms with Gasteiger partial charge in [-0.2, -0.15) is 15.0 Å². The summed E-state index contributed by atoms with van der Waals surface area (Å²) < 4.78 is 0. The number of aromatic nitrogens is 4. The first kappa shape index (κ1) is 15.0. The summed E-state index contributed by atoms with van der Waals surface area (Å²) in [4.78, 5) is 19.4. The van der Waals surface area contributed by atoms with E-state index in [2.05, 4.69) is 49.3 Å². The Kier molecular flexibility index (Phi) is 5.25. The molecular formula is C14H21N7. The van der Waals surface area contributed by atoms with Crippen molar-refractivity contribution in [3.05, 3.63) is 30.1 Å². The summed E-state index contributed by atoms with van der Waals surface area (Å²) in [5.41, 5.74) is 1.08. The average molecular weight is 287 g/mol. The van der Waals surface area contributed by atoms with Gasteiger partial charge in [-0.3, -0.25) is 4.98 Å². The van der Waals surface area contributed by atoms with Crippen LogP contribution >= 0.6 is 0 Å². The van der Waals surface area contributed by atoms with Gasteiger partial charge in [-0.1, -0.05) is 6.07 Å². The molecule has 0 bridgehead atoms. The first-order valence-electron chi connectivity index (χ1n) is 7.08. The number of nitrogens with one attached hydrogen (secondary N) is 2. The van der Waals surface area contributed by atoms with Gasteiger partial charge < -0.3 is 15.5 Å². The lowest BCUT2D eigenvalue weighted by Gasteiger charge is -2.19. The minimum Gasteiger partial charge on any atom is -0.357 e. The van der Waals surface area contributed by atoms with Crippen LogP contribution in [0.1, 0.15) is 19.4 Å². The van der Waals surface area contributed by atoms with E-state index in [4.69, 9.17) is 0 Å². The van der Waals surface area contributed by atoms with E-state index >= 15 is 0 Å². The quantitative estimate of drug-likeness (QED) is 0.803. The van der Waals surface area contributed by atoms with Gasteiger partial charge in [0.25, 0.3) is 0 Å². The van der Waals surface area contributed by atoms with Crippen LogP contribution in [-0.4, -0.2) is 40.1 Å². The van der Waals surface area contributed by atoms with E-state index in [9.17, 15) is 0 Å². The summed E-state index contributed by atoms with van der Waals surface area (Å²) in [5, 5.41) is 6.18. The zero-order valence-electron chi connectivity index (χ0n) is 12.7. The largest absolute Gasteiger partial charge is 0.357 e. The molecule has 0 radical (unpaired) electrons. The van der Waals surface area contributed by atoms with Gasteiger partial charge in [-0.05, 0) is 25.5 Å². The molecule has 0 aliphatic rings. The Hall–Kier alpha value is -2.44. The minimum absolute atomic E-state index is 0.556. The third-order valence-corrected chi connectivity index (χ3v) is 3.07. The zero-order valence-corrected chi connectivity index (χ0v) is 12.7. The van der Waals surface area contributed by atoms with E-state index in [1.165, 1.54) is 0 Å². The first-order valence-corrected chi connectivity index (χ1v) is 7.08. The molecule has 7 nitrogen and oxygen atoms in total. The molecule has 0 saturated carbocycles. The van der Waals surface area contributed by atoms with E-state index < -0.39 is 0 Å². The smallest absolute Gasteiger partial charge is 0.231 e. The van der Waals surface area contributed by atoms with Gasteiger partial charge in [0.05, 0.1) is 0 Å². The summed E-state index contributed by atoms with van der Waals surface area (Å²) in [7, 11) is 1.80. The summed E-state index contributed by atoms with van der Waals surface area (Å²) in [6.45, 7) is 6.49. The lowest BCUT2D eigenvalue weighted by Crippen LogP contribution is -2.25. The average Bonchev–Trinajstić information content (AvgIpc) is 2.55. The van der Waals surface area contributed by atoms with Gasteiger partial charge in [0.1, 0.15) is 0 Å². The molecule has 0 spiro atoms. The maximum atomic E-state index is 4.47. The first-order chi connectivity index (χ1) is 10.3. The molecule has 2 N–H and O–H groups in total. The molecule has 2 heterocycles. The lowest BCUT2D eigenvalue weighted by atomic mass is 10.3. The summed E-state index contributed by atoms with van der Waals surface area (Å²) in [6.07, 6.45) is 3.57. The second kappa shape index (κ2) is 7.37. The summed E-state index contributed by atoms with van der Waals surface area (Å²) >= 11 is 0. The maximum absolute atomic E-state index is 4.47. The molecular weight excluding hydrogens is 266 g/mol. The molecule has 0 unspecified atom stereocenters. The zero-order chi connectivity index (χ0) is 15.1. The SMILES string of the molecule is CCN(CC)c1nc(NC)nc(NCc2cccnc2)n1.